The van der Waals surface area contributed by atoms with Crippen molar-refractivity contribution in [3.8, 4) is 0 Å². The van der Waals surface area contributed by atoms with Crippen molar-refractivity contribution in [2.75, 3.05) is 12.3 Å². The lowest BCUT2D eigenvalue weighted by molar-refractivity contribution is 0.622. The van der Waals surface area contributed by atoms with Crippen molar-refractivity contribution < 1.29 is 0 Å². The molecule has 0 amide bonds. The van der Waals surface area contributed by atoms with Crippen LogP contribution in [-0.4, -0.2) is 12.3 Å². The van der Waals surface area contributed by atoms with E-state index < -0.39 is 0 Å². The normalized spacial score (nSPS) is 12.1. The van der Waals surface area contributed by atoms with Gasteiger partial charge in [0.1, 0.15) is 0 Å². The molecule has 0 bridgehead atoms. The maximum atomic E-state index is 2.46. The number of rotatable bonds is 16. The Bertz CT molecular complexity index is 432. The maximum Gasteiger partial charge on any atom is -0.0254 e. The van der Waals surface area contributed by atoms with Crippen LogP contribution in [-0.2, 0) is 0 Å². The van der Waals surface area contributed by atoms with Crippen molar-refractivity contribution in [1.82, 2.24) is 0 Å². The predicted octanol–water partition coefficient (Wildman–Crippen LogP) is 9.25. The molecule has 0 nitrogen and oxygen atoms in total. The minimum absolute atomic E-state index is 0.0666. The molecule has 1 aromatic rings. The SMILES string of the molecule is CCCCCCCCP(CCCCCCCC)/C(C)=C/c1ccccc1. The van der Waals surface area contributed by atoms with Gasteiger partial charge in [0.15, 0.2) is 0 Å². The molecule has 1 heteroatoms. The summed E-state index contributed by atoms with van der Waals surface area (Å²) in [6.45, 7) is 7.00. The zero-order valence-corrected chi connectivity index (χ0v) is 18.7. The molecule has 0 aliphatic rings. The predicted molar refractivity (Wildman–Crippen MR) is 123 cm³/mol. The molecule has 0 N–H and O–H groups in total. The van der Waals surface area contributed by atoms with Gasteiger partial charge in [-0.1, -0.05) is 122 Å². The van der Waals surface area contributed by atoms with Crippen LogP contribution in [0.15, 0.2) is 35.6 Å². The van der Waals surface area contributed by atoms with Gasteiger partial charge in [-0.15, -0.1) is 0 Å². The van der Waals surface area contributed by atoms with E-state index in [9.17, 15) is 0 Å². The molecule has 1 aromatic carbocycles. The summed E-state index contributed by atoms with van der Waals surface area (Å²) < 4.78 is 0. The second-order valence-electron chi connectivity index (χ2n) is 7.72. The van der Waals surface area contributed by atoms with Gasteiger partial charge in [-0.05, 0) is 43.0 Å². The highest BCUT2D eigenvalue weighted by atomic mass is 31.1. The Hall–Kier alpha value is -0.610. The van der Waals surface area contributed by atoms with Gasteiger partial charge < -0.3 is 0 Å². The Morgan fingerprint density at radius 3 is 1.65 bits per heavy atom. The standard InChI is InChI=1S/C25H43P/c1-4-6-8-10-12-17-21-26(22-18-13-11-9-7-5-2)24(3)23-25-19-15-14-16-20-25/h14-16,19-20,23H,4-13,17-18,21-22H2,1-3H3/b24-23+. The van der Waals surface area contributed by atoms with Crippen molar-refractivity contribution in [1.29, 1.82) is 0 Å². The third kappa shape index (κ3) is 11.9. The summed E-state index contributed by atoms with van der Waals surface area (Å²) in [7, 11) is 0.0666. The molecule has 148 valence electrons. The summed E-state index contributed by atoms with van der Waals surface area (Å²) in [6.07, 6.45) is 22.4. The first-order valence-corrected chi connectivity index (χ1v) is 13.0. The van der Waals surface area contributed by atoms with E-state index in [4.69, 9.17) is 0 Å². The van der Waals surface area contributed by atoms with Crippen molar-refractivity contribution >= 4 is 14.0 Å². The lowest BCUT2D eigenvalue weighted by Crippen LogP contribution is -1.94. The molecule has 1 rings (SSSR count). The van der Waals surface area contributed by atoms with Crippen LogP contribution in [0.25, 0.3) is 6.08 Å². The number of unbranched alkanes of at least 4 members (excludes halogenated alkanes) is 10. The summed E-state index contributed by atoms with van der Waals surface area (Å²) in [5.74, 6) is 0. The van der Waals surface area contributed by atoms with Gasteiger partial charge in [-0.25, -0.2) is 0 Å². The Kier molecular flexibility index (Phi) is 14.9. The highest BCUT2D eigenvalue weighted by Gasteiger charge is 2.10. The van der Waals surface area contributed by atoms with Gasteiger partial charge in [0.25, 0.3) is 0 Å². The third-order valence-corrected chi connectivity index (χ3v) is 8.08. The van der Waals surface area contributed by atoms with Crippen molar-refractivity contribution in [2.45, 2.75) is 97.8 Å². The second-order valence-corrected chi connectivity index (χ2v) is 10.4. The molecule has 0 aromatic heterocycles. The van der Waals surface area contributed by atoms with E-state index in [0.717, 1.165) is 0 Å². The monoisotopic (exact) mass is 374 g/mol. The number of benzene rings is 1. The summed E-state index contributed by atoms with van der Waals surface area (Å²) in [6, 6.07) is 10.9. The fraction of sp³-hybridized carbons (Fsp3) is 0.680. The quantitative estimate of drug-likeness (QED) is 0.200. The van der Waals surface area contributed by atoms with E-state index >= 15 is 0 Å². The van der Waals surface area contributed by atoms with E-state index in [1.54, 1.807) is 5.31 Å². The first-order chi connectivity index (χ1) is 12.8. The Balaban J connectivity index is 2.44. The van der Waals surface area contributed by atoms with Gasteiger partial charge >= 0.3 is 0 Å². The van der Waals surface area contributed by atoms with Gasteiger partial charge in [0, 0.05) is 0 Å². The van der Waals surface area contributed by atoms with Crippen LogP contribution in [0.4, 0.5) is 0 Å². The number of hydrogen-bond acceptors (Lipinski definition) is 0. The maximum absolute atomic E-state index is 2.46. The Morgan fingerprint density at radius 2 is 1.15 bits per heavy atom. The molecule has 0 unspecified atom stereocenters. The van der Waals surface area contributed by atoms with Crippen LogP contribution in [0.3, 0.4) is 0 Å². The molecule has 0 radical (unpaired) electrons. The van der Waals surface area contributed by atoms with Gasteiger partial charge in [-0.2, -0.15) is 0 Å². The largest absolute Gasteiger partial charge is 0.0800 e. The molecular weight excluding hydrogens is 331 g/mol. The Morgan fingerprint density at radius 1 is 0.692 bits per heavy atom. The average molecular weight is 375 g/mol. The lowest BCUT2D eigenvalue weighted by Gasteiger charge is -2.19. The summed E-state index contributed by atoms with van der Waals surface area (Å²) >= 11 is 0. The lowest BCUT2D eigenvalue weighted by atomic mass is 10.1. The van der Waals surface area contributed by atoms with Crippen LogP contribution in [0, 0.1) is 0 Å². The van der Waals surface area contributed by atoms with E-state index in [2.05, 4.69) is 57.2 Å². The van der Waals surface area contributed by atoms with E-state index in [1.165, 1.54) is 94.9 Å². The van der Waals surface area contributed by atoms with Crippen LogP contribution in [0.5, 0.6) is 0 Å². The molecule has 0 aliphatic carbocycles. The molecule has 26 heavy (non-hydrogen) atoms. The molecule has 0 atom stereocenters. The molecule has 0 aliphatic heterocycles. The van der Waals surface area contributed by atoms with E-state index in [-0.39, 0.29) is 7.92 Å². The molecule has 0 spiro atoms. The smallest absolute Gasteiger partial charge is 0.0254 e. The van der Waals surface area contributed by atoms with E-state index in [0.29, 0.717) is 0 Å². The van der Waals surface area contributed by atoms with Crippen molar-refractivity contribution in [2.24, 2.45) is 0 Å². The van der Waals surface area contributed by atoms with Gasteiger partial charge in [-0.3, -0.25) is 0 Å². The van der Waals surface area contributed by atoms with Gasteiger partial charge in [0.05, 0.1) is 0 Å². The molecule has 0 saturated carbocycles. The highest BCUT2D eigenvalue weighted by molar-refractivity contribution is 7.62. The first-order valence-electron chi connectivity index (χ1n) is 11.3. The van der Waals surface area contributed by atoms with E-state index in [1.807, 2.05) is 0 Å². The van der Waals surface area contributed by atoms with Crippen molar-refractivity contribution in [3.63, 3.8) is 0 Å². The number of allylic oxidation sites excluding steroid dienone is 1. The van der Waals surface area contributed by atoms with Gasteiger partial charge in [0.2, 0.25) is 0 Å². The van der Waals surface area contributed by atoms with Crippen LogP contribution in [0.2, 0.25) is 0 Å². The molecule has 0 heterocycles. The zero-order valence-electron chi connectivity index (χ0n) is 17.8. The Labute approximate surface area is 165 Å². The average Bonchev–Trinajstić information content (AvgIpc) is 2.66. The second kappa shape index (κ2) is 16.6. The summed E-state index contributed by atoms with van der Waals surface area (Å²) in [5, 5.41) is 1.66. The fourth-order valence-corrected chi connectivity index (χ4v) is 5.98. The minimum Gasteiger partial charge on any atom is -0.0800 e. The van der Waals surface area contributed by atoms with Crippen LogP contribution in [0.1, 0.15) is 103 Å². The topological polar surface area (TPSA) is 0 Å². The third-order valence-electron chi connectivity index (χ3n) is 5.24. The molecule has 0 saturated heterocycles. The molecule has 0 fully saturated rings. The fourth-order valence-electron chi connectivity index (χ4n) is 3.51. The molecular formula is C25H43P. The summed E-state index contributed by atoms with van der Waals surface area (Å²) in [5.41, 5.74) is 1.38. The number of hydrogen-bond donors (Lipinski definition) is 0. The zero-order chi connectivity index (χ0) is 18.9. The van der Waals surface area contributed by atoms with Crippen LogP contribution >= 0.6 is 7.92 Å². The minimum atomic E-state index is 0.0666. The highest BCUT2D eigenvalue weighted by Crippen LogP contribution is 2.47. The van der Waals surface area contributed by atoms with Crippen LogP contribution < -0.4 is 0 Å². The summed E-state index contributed by atoms with van der Waals surface area (Å²) in [4.78, 5) is 0. The van der Waals surface area contributed by atoms with Crippen molar-refractivity contribution in [3.05, 3.63) is 41.2 Å². The first kappa shape index (κ1) is 23.4.